The van der Waals surface area contributed by atoms with Crippen molar-refractivity contribution >= 4 is 5.97 Å². The molecule has 0 heterocycles. The average molecular weight is 211 g/mol. The second-order valence-corrected chi connectivity index (χ2v) is 5.25. The lowest BCUT2D eigenvalue weighted by molar-refractivity contribution is -0.155. The molecule has 0 aromatic heterocycles. The van der Waals surface area contributed by atoms with Crippen molar-refractivity contribution in [2.24, 2.45) is 11.8 Å². The molecule has 3 nitrogen and oxygen atoms in total. The van der Waals surface area contributed by atoms with Crippen LogP contribution >= 0.6 is 0 Å². The van der Waals surface area contributed by atoms with Crippen LogP contribution in [0.15, 0.2) is 0 Å². The van der Waals surface area contributed by atoms with Gasteiger partial charge in [-0.05, 0) is 33.1 Å². The van der Waals surface area contributed by atoms with Gasteiger partial charge in [-0.2, -0.15) is 5.26 Å². The monoisotopic (exact) mass is 211 g/mol. The highest BCUT2D eigenvalue weighted by atomic mass is 16.6. The first-order valence-corrected chi connectivity index (χ1v) is 5.36. The summed E-state index contributed by atoms with van der Waals surface area (Å²) in [6.45, 7) is 9.57. The zero-order valence-corrected chi connectivity index (χ0v) is 10.3. The molecule has 1 atom stereocenters. The molecule has 0 aliphatic heterocycles. The van der Waals surface area contributed by atoms with E-state index in [-0.39, 0.29) is 18.3 Å². The van der Waals surface area contributed by atoms with Gasteiger partial charge in [0, 0.05) is 0 Å². The van der Waals surface area contributed by atoms with Crippen molar-refractivity contribution in [3.8, 4) is 6.07 Å². The lowest BCUT2D eigenvalue weighted by Gasteiger charge is -2.20. The van der Waals surface area contributed by atoms with E-state index < -0.39 is 5.60 Å². The summed E-state index contributed by atoms with van der Waals surface area (Å²) in [5, 5.41) is 8.86. The predicted octanol–water partition coefficient (Wildman–Crippen LogP) is 2.90. The van der Waals surface area contributed by atoms with Crippen LogP contribution in [0.5, 0.6) is 0 Å². The highest BCUT2D eigenvalue weighted by molar-refractivity contribution is 5.70. The van der Waals surface area contributed by atoms with E-state index in [4.69, 9.17) is 10.00 Å². The summed E-state index contributed by atoms with van der Waals surface area (Å²) in [5.74, 6) is -0.0772. The molecule has 3 heteroatoms. The van der Waals surface area contributed by atoms with Gasteiger partial charge in [0.15, 0.2) is 0 Å². The van der Waals surface area contributed by atoms with E-state index in [0.29, 0.717) is 5.92 Å². The maximum Gasteiger partial charge on any atom is 0.307 e. The Kier molecular flexibility index (Phi) is 5.35. The first-order valence-electron chi connectivity index (χ1n) is 5.36. The summed E-state index contributed by atoms with van der Waals surface area (Å²) in [4.78, 5) is 11.4. The Morgan fingerprint density at radius 2 is 1.93 bits per heavy atom. The molecule has 0 saturated carbocycles. The van der Waals surface area contributed by atoms with Crippen LogP contribution in [0.25, 0.3) is 0 Å². The number of esters is 1. The Bertz CT molecular complexity index is 245. The molecule has 0 N–H and O–H groups in total. The number of nitrogens with zero attached hydrogens (tertiary/aromatic N) is 1. The van der Waals surface area contributed by atoms with Crippen LogP contribution in [-0.4, -0.2) is 11.6 Å². The van der Waals surface area contributed by atoms with E-state index in [9.17, 15) is 4.79 Å². The minimum Gasteiger partial charge on any atom is -0.460 e. The molecule has 0 rings (SSSR count). The molecule has 0 saturated heterocycles. The van der Waals surface area contributed by atoms with Gasteiger partial charge in [-0.25, -0.2) is 0 Å². The van der Waals surface area contributed by atoms with E-state index in [1.165, 1.54) is 0 Å². The Hall–Kier alpha value is -1.04. The maximum absolute atomic E-state index is 11.4. The van der Waals surface area contributed by atoms with Gasteiger partial charge in [0.25, 0.3) is 0 Å². The van der Waals surface area contributed by atoms with Gasteiger partial charge < -0.3 is 4.74 Å². The molecule has 0 bridgehead atoms. The number of hydrogen-bond acceptors (Lipinski definition) is 3. The molecule has 0 fully saturated rings. The molecule has 0 radical (unpaired) electrons. The predicted molar refractivity (Wildman–Crippen MR) is 59.0 cm³/mol. The molecule has 0 aromatic carbocycles. The highest BCUT2D eigenvalue weighted by Gasteiger charge is 2.20. The van der Waals surface area contributed by atoms with Crippen molar-refractivity contribution in [1.29, 1.82) is 5.26 Å². The molecular weight excluding hydrogens is 190 g/mol. The van der Waals surface area contributed by atoms with Crippen LogP contribution in [0, 0.1) is 23.2 Å². The first-order chi connectivity index (χ1) is 6.74. The van der Waals surface area contributed by atoms with E-state index >= 15 is 0 Å². The van der Waals surface area contributed by atoms with Crippen LogP contribution in [-0.2, 0) is 9.53 Å². The van der Waals surface area contributed by atoms with E-state index in [1.807, 2.05) is 34.6 Å². The van der Waals surface area contributed by atoms with Gasteiger partial charge in [-0.3, -0.25) is 4.79 Å². The highest BCUT2D eigenvalue weighted by Crippen LogP contribution is 2.17. The van der Waals surface area contributed by atoms with Gasteiger partial charge in [0.2, 0.25) is 0 Å². The summed E-state index contributed by atoms with van der Waals surface area (Å²) < 4.78 is 5.16. The van der Waals surface area contributed by atoms with Crippen LogP contribution in [0.1, 0.15) is 47.5 Å². The van der Waals surface area contributed by atoms with Crippen molar-refractivity contribution in [3.05, 3.63) is 0 Å². The molecule has 0 aromatic rings. The van der Waals surface area contributed by atoms with E-state index in [1.54, 1.807) is 0 Å². The second-order valence-electron chi connectivity index (χ2n) is 5.25. The number of carbonyl (C=O) groups excluding carboxylic acids is 1. The zero-order valence-electron chi connectivity index (χ0n) is 10.3. The third-order valence-corrected chi connectivity index (χ3v) is 1.77. The molecule has 0 aliphatic rings. The Labute approximate surface area is 92.4 Å². The number of carbonyl (C=O) groups is 1. The minimum absolute atomic E-state index is 0.200. The third-order valence-electron chi connectivity index (χ3n) is 1.77. The van der Waals surface area contributed by atoms with Gasteiger partial charge in [-0.1, -0.05) is 13.8 Å². The number of nitriles is 1. The largest absolute Gasteiger partial charge is 0.460 e. The number of rotatable bonds is 4. The first kappa shape index (κ1) is 14.0. The van der Waals surface area contributed by atoms with Crippen molar-refractivity contribution in [1.82, 2.24) is 0 Å². The Balaban J connectivity index is 4.10. The number of ether oxygens (including phenoxy) is 1. The zero-order chi connectivity index (χ0) is 12.1. The minimum atomic E-state index is -0.463. The van der Waals surface area contributed by atoms with Crippen LogP contribution in [0.3, 0.4) is 0 Å². The molecule has 0 spiro atoms. The standard InChI is InChI=1S/C12H21NO2/c1-9(2)6-10(8-13)7-11(14)15-12(3,4)5/h9-10H,6-7H2,1-5H3/t10-/m0/s1. The fourth-order valence-corrected chi connectivity index (χ4v) is 1.34. The summed E-state index contributed by atoms with van der Waals surface area (Å²) in [6.07, 6.45) is 0.946. The smallest absolute Gasteiger partial charge is 0.307 e. The molecule has 15 heavy (non-hydrogen) atoms. The van der Waals surface area contributed by atoms with Gasteiger partial charge in [0.1, 0.15) is 5.60 Å². The third kappa shape index (κ3) is 7.99. The average Bonchev–Trinajstić information content (AvgIpc) is 1.98. The van der Waals surface area contributed by atoms with Gasteiger partial charge in [0.05, 0.1) is 18.4 Å². The van der Waals surface area contributed by atoms with Crippen molar-refractivity contribution in [2.45, 2.75) is 53.1 Å². The van der Waals surface area contributed by atoms with Crippen molar-refractivity contribution < 1.29 is 9.53 Å². The van der Waals surface area contributed by atoms with Crippen LogP contribution < -0.4 is 0 Å². The topological polar surface area (TPSA) is 50.1 Å². The molecular formula is C12H21NO2. The normalized spacial score (nSPS) is 13.4. The summed E-state index contributed by atoms with van der Waals surface area (Å²) in [5.41, 5.74) is -0.463. The van der Waals surface area contributed by atoms with Gasteiger partial charge in [-0.15, -0.1) is 0 Å². The van der Waals surface area contributed by atoms with Crippen LogP contribution in [0.4, 0.5) is 0 Å². The van der Waals surface area contributed by atoms with Crippen molar-refractivity contribution in [2.75, 3.05) is 0 Å². The second kappa shape index (κ2) is 5.75. The summed E-state index contributed by atoms with van der Waals surface area (Å²) >= 11 is 0. The Morgan fingerprint density at radius 3 is 2.27 bits per heavy atom. The van der Waals surface area contributed by atoms with E-state index in [2.05, 4.69) is 6.07 Å². The number of hydrogen-bond donors (Lipinski definition) is 0. The molecule has 0 amide bonds. The summed E-state index contributed by atoms with van der Waals surface area (Å²) in [6, 6.07) is 2.15. The Morgan fingerprint density at radius 1 is 1.40 bits per heavy atom. The fraction of sp³-hybridized carbons (Fsp3) is 0.833. The lowest BCUT2D eigenvalue weighted by Crippen LogP contribution is -2.25. The van der Waals surface area contributed by atoms with Crippen LogP contribution in [0.2, 0.25) is 0 Å². The SMILES string of the molecule is CC(C)C[C@H](C#N)CC(=O)OC(C)(C)C. The van der Waals surface area contributed by atoms with E-state index in [0.717, 1.165) is 6.42 Å². The molecule has 0 unspecified atom stereocenters. The lowest BCUT2D eigenvalue weighted by atomic mass is 9.95. The van der Waals surface area contributed by atoms with Gasteiger partial charge >= 0.3 is 5.97 Å². The van der Waals surface area contributed by atoms with Crippen molar-refractivity contribution in [3.63, 3.8) is 0 Å². The quantitative estimate of drug-likeness (QED) is 0.672. The molecule has 0 aliphatic carbocycles. The summed E-state index contributed by atoms with van der Waals surface area (Å²) in [7, 11) is 0. The fourth-order valence-electron chi connectivity index (χ4n) is 1.34. The molecule has 86 valence electrons. The maximum atomic E-state index is 11.4.